The van der Waals surface area contributed by atoms with Gasteiger partial charge in [0.25, 0.3) is 0 Å². The molecule has 3 aromatic heterocycles. The molecule has 0 aliphatic carbocycles. The molecule has 0 atom stereocenters. The lowest BCUT2D eigenvalue weighted by atomic mass is 10.1. The second-order valence-electron chi connectivity index (χ2n) is 6.07. The second-order valence-corrected chi connectivity index (χ2v) is 7.01. The van der Waals surface area contributed by atoms with E-state index < -0.39 is 0 Å². The summed E-state index contributed by atoms with van der Waals surface area (Å²) in [6.45, 7) is 6.22. The molecule has 5 heteroatoms. The fourth-order valence-electron chi connectivity index (χ4n) is 2.81. The quantitative estimate of drug-likeness (QED) is 0.395. The van der Waals surface area contributed by atoms with Gasteiger partial charge in [-0.15, -0.1) is 21.6 Å². The highest BCUT2D eigenvalue weighted by molar-refractivity contribution is 7.13. The zero-order chi connectivity index (χ0) is 17.4. The van der Waals surface area contributed by atoms with E-state index in [1.54, 1.807) is 11.3 Å². The van der Waals surface area contributed by atoms with E-state index >= 15 is 0 Å². The molecule has 0 radical (unpaired) electrons. The van der Waals surface area contributed by atoms with Crippen molar-refractivity contribution in [1.29, 1.82) is 0 Å². The number of benzene rings is 1. The molecule has 1 aromatic carbocycles. The van der Waals surface area contributed by atoms with Crippen LogP contribution in [0.4, 0.5) is 11.5 Å². The van der Waals surface area contributed by atoms with Crippen molar-refractivity contribution in [3.8, 4) is 10.6 Å². The lowest BCUT2D eigenvalue weighted by Crippen LogP contribution is -1.85. The number of aromatic nitrogens is 2. The molecule has 124 valence electrons. The molecule has 0 unspecified atom stereocenters. The molecular weight excluding hydrogens is 328 g/mol. The Kier molecular flexibility index (Phi) is 3.93. The SMILES string of the molecule is Cc1cccc(N=Nc2c(-c3cccs3)nc3c(C)cccn23)c1C. The molecule has 0 fully saturated rings. The topological polar surface area (TPSA) is 42.0 Å². The molecule has 0 saturated heterocycles. The number of aryl methyl sites for hydroxylation is 2. The summed E-state index contributed by atoms with van der Waals surface area (Å²) in [4.78, 5) is 5.92. The number of rotatable bonds is 3. The highest BCUT2D eigenvalue weighted by Gasteiger charge is 2.16. The van der Waals surface area contributed by atoms with Gasteiger partial charge >= 0.3 is 0 Å². The predicted octanol–water partition coefficient (Wildman–Crippen LogP) is 6.40. The Morgan fingerprint density at radius 2 is 1.76 bits per heavy atom. The molecule has 0 spiro atoms. The zero-order valence-electron chi connectivity index (χ0n) is 14.4. The van der Waals surface area contributed by atoms with Gasteiger partial charge < -0.3 is 0 Å². The Morgan fingerprint density at radius 3 is 2.56 bits per heavy atom. The first-order valence-electron chi connectivity index (χ1n) is 8.14. The summed E-state index contributed by atoms with van der Waals surface area (Å²) in [7, 11) is 0. The summed E-state index contributed by atoms with van der Waals surface area (Å²) in [6, 6.07) is 14.3. The highest BCUT2D eigenvalue weighted by Crippen LogP contribution is 2.35. The Balaban J connectivity index is 1.91. The third-order valence-corrected chi connectivity index (χ3v) is 5.28. The van der Waals surface area contributed by atoms with Gasteiger partial charge in [-0.25, -0.2) is 4.98 Å². The normalized spacial score (nSPS) is 11.6. The summed E-state index contributed by atoms with van der Waals surface area (Å²) in [5, 5.41) is 11.2. The minimum atomic E-state index is 0.766. The van der Waals surface area contributed by atoms with Gasteiger partial charge in [0.2, 0.25) is 0 Å². The average molecular weight is 346 g/mol. The van der Waals surface area contributed by atoms with Crippen molar-refractivity contribution in [3.63, 3.8) is 0 Å². The molecule has 0 aliphatic heterocycles. The van der Waals surface area contributed by atoms with Crippen molar-refractivity contribution >= 4 is 28.5 Å². The first-order chi connectivity index (χ1) is 12.1. The monoisotopic (exact) mass is 346 g/mol. The van der Waals surface area contributed by atoms with Crippen LogP contribution in [-0.4, -0.2) is 9.38 Å². The van der Waals surface area contributed by atoms with Gasteiger partial charge in [0.1, 0.15) is 11.3 Å². The first-order valence-corrected chi connectivity index (χ1v) is 9.02. The van der Waals surface area contributed by atoms with Gasteiger partial charge in [0.15, 0.2) is 5.82 Å². The van der Waals surface area contributed by atoms with Gasteiger partial charge in [-0.2, -0.15) is 0 Å². The fourth-order valence-corrected chi connectivity index (χ4v) is 3.52. The molecule has 3 heterocycles. The van der Waals surface area contributed by atoms with Gasteiger partial charge in [-0.1, -0.05) is 24.3 Å². The lowest BCUT2D eigenvalue weighted by molar-refractivity contribution is 1.09. The minimum absolute atomic E-state index is 0.766. The number of thiophene rings is 1. The van der Waals surface area contributed by atoms with Crippen molar-refractivity contribution in [2.24, 2.45) is 10.2 Å². The van der Waals surface area contributed by atoms with Crippen LogP contribution in [0.2, 0.25) is 0 Å². The van der Waals surface area contributed by atoms with E-state index in [1.807, 2.05) is 34.9 Å². The average Bonchev–Trinajstić information content (AvgIpc) is 3.24. The summed E-state index contributed by atoms with van der Waals surface area (Å²) in [5.41, 5.74) is 6.16. The maximum absolute atomic E-state index is 4.83. The van der Waals surface area contributed by atoms with Crippen LogP contribution in [0, 0.1) is 20.8 Å². The third-order valence-electron chi connectivity index (χ3n) is 4.40. The van der Waals surface area contributed by atoms with E-state index in [4.69, 9.17) is 4.98 Å². The fraction of sp³-hybridized carbons (Fsp3) is 0.150. The van der Waals surface area contributed by atoms with Crippen molar-refractivity contribution < 1.29 is 0 Å². The zero-order valence-corrected chi connectivity index (χ0v) is 15.2. The second kappa shape index (κ2) is 6.26. The van der Waals surface area contributed by atoms with Crippen LogP contribution in [0.1, 0.15) is 16.7 Å². The molecule has 0 aliphatic rings. The van der Waals surface area contributed by atoms with Crippen molar-refractivity contribution in [1.82, 2.24) is 9.38 Å². The summed E-state index contributed by atoms with van der Waals surface area (Å²) >= 11 is 1.66. The molecular formula is C20H18N4S. The largest absolute Gasteiger partial charge is 0.282 e. The number of hydrogen-bond acceptors (Lipinski definition) is 4. The number of azo groups is 1. The molecule has 0 saturated carbocycles. The van der Waals surface area contributed by atoms with E-state index in [1.165, 1.54) is 5.56 Å². The Bertz CT molecular complexity index is 1070. The highest BCUT2D eigenvalue weighted by atomic mass is 32.1. The lowest BCUT2D eigenvalue weighted by Gasteiger charge is -2.03. The van der Waals surface area contributed by atoms with Gasteiger partial charge in [0.05, 0.1) is 10.6 Å². The van der Waals surface area contributed by atoms with Crippen molar-refractivity contribution in [2.45, 2.75) is 20.8 Å². The van der Waals surface area contributed by atoms with Crippen LogP contribution in [0.5, 0.6) is 0 Å². The Morgan fingerprint density at radius 1 is 0.920 bits per heavy atom. The molecule has 25 heavy (non-hydrogen) atoms. The van der Waals surface area contributed by atoms with Crippen LogP contribution in [-0.2, 0) is 0 Å². The number of fused-ring (bicyclic) bond motifs is 1. The summed E-state index contributed by atoms with van der Waals surface area (Å²) in [5.74, 6) is 0.766. The molecule has 4 rings (SSSR count). The van der Waals surface area contributed by atoms with Crippen LogP contribution >= 0.6 is 11.3 Å². The van der Waals surface area contributed by atoms with Gasteiger partial charge in [0, 0.05) is 6.20 Å². The Hall–Kier alpha value is -2.79. The Labute approximate surface area is 150 Å². The molecule has 0 N–H and O–H groups in total. The number of imidazole rings is 1. The van der Waals surface area contributed by atoms with Crippen molar-refractivity contribution in [3.05, 3.63) is 70.7 Å². The van der Waals surface area contributed by atoms with Crippen molar-refractivity contribution in [2.75, 3.05) is 0 Å². The molecule has 0 bridgehead atoms. The van der Waals surface area contributed by atoms with Crippen LogP contribution < -0.4 is 0 Å². The molecule has 4 aromatic rings. The molecule has 4 nitrogen and oxygen atoms in total. The van der Waals surface area contributed by atoms with E-state index in [0.29, 0.717) is 0 Å². The first kappa shape index (κ1) is 15.7. The predicted molar refractivity (Wildman–Crippen MR) is 103 cm³/mol. The number of pyridine rings is 1. The molecule has 0 amide bonds. The van der Waals surface area contributed by atoms with Gasteiger partial charge in [-0.05, 0) is 61.0 Å². The smallest absolute Gasteiger partial charge is 0.188 e. The van der Waals surface area contributed by atoms with Gasteiger partial charge in [-0.3, -0.25) is 4.40 Å². The summed E-state index contributed by atoms with van der Waals surface area (Å²) in [6.07, 6.45) is 1.99. The van der Waals surface area contributed by atoms with Crippen LogP contribution in [0.3, 0.4) is 0 Å². The van der Waals surface area contributed by atoms with E-state index in [0.717, 1.165) is 38.9 Å². The number of nitrogens with zero attached hydrogens (tertiary/aromatic N) is 4. The number of hydrogen-bond donors (Lipinski definition) is 0. The minimum Gasteiger partial charge on any atom is -0.282 e. The van der Waals surface area contributed by atoms with Crippen LogP contribution in [0.25, 0.3) is 16.2 Å². The summed E-state index contributed by atoms with van der Waals surface area (Å²) < 4.78 is 2.01. The van der Waals surface area contributed by atoms with E-state index in [2.05, 4.69) is 54.6 Å². The maximum Gasteiger partial charge on any atom is 0.188 e. The van der Waals surface area contributed by atoms with E-state index in [-0.39, 0.29) is 0 Å². The maximum atomic E-state index is 4.83. The van der Waals surface area contributed by atoms with Crippen LogP contribution in [0.15, 0.2) is 64.3 Å². The third kappa shape index (κ3) is 2.76. The van der Waals surface area contributed by atoms with E-state index in [9.17, 15) is 0 Å². The standard InChI is InChI=1S/C20H18N4S/c1-13-7-4-9-16(15(13)3)22-23-20-18(17-10-6-12-25-17)21-19-14(2)8-5-11-24(19)20/h4-12H,1-3H3.